The Hall–Kier alpha value is -1.35. The number of ketones is 1. The van der Waals surface area contributed by atoms with Gasteiger partial charge in [-0.1, -0.05) is 26.2 Å². The second kappa shape index (κ2) is 8.56. The van der Waals surface area contributed by atoms with Crippen LogP contribution in [0.25, 0.3) is 0 Å². The molecule has 0 bridgehead atoms. The number of benzene rings is 1. The molecule has 1 heterocycles. The number of Topliss-reactive ketones (excluding diaryl/α,β-unsaturated/α-hetero) is 1. The molecule has 0 spiro atoms. The maximum Gasteiger partial charge on any atom is 0.230 e. The van der Waals surface area contributed by atoms with Gasteiger partial charge in [-0.3, -0.25) is 9.59 Å². The number of hydrogen-bond donors (Lipinski definition) is 0. The third kappa shape index (κ3) is 3.98. The molecule has 2 aliphatic rings. The lowest BCUT2D eigenvalue weighted by atomic mass is 9.79. The van der Waals surface area contributed by atoms with Crippen LogP contribution in [0.5, 0.6) is 0 Å². The summed E-state index contributed by atoms with van der Waals surface area (Å²) in [7, 11) is 0. The Morgan fingerprint density at radius 3 is 2.58 bits per heavy atom. The summed E-state index contributed by atoms with van der Waals surface area (Å²) in [5.41, 5.74) is 2.73. The Morgan fingerprint density at radius 1 is 1.19 bits per heavy atom. The number of amides is 1. The van der Waals surface area contributed by atoms with Crippen LogP contribution in [0, 0.1) is 11.8 Å². The SMILES string of the molecule is CCCCC1CCC(C(=O)N2c3ccc(C(=O)CCl)cc3CC2C)CC1. The van der Waals surface area contributed by atoms with Gasteiger partial charge in [-0.05, 0) is 68.7 Å². The van der Waals surface area contributed by atoms with E-state index in [2.05, 4.69) is 13.8 Å². The zero-order valence-electron chi connectivity index (χ0n) is 16.0. The number of fused-ring (bicyclic) bond motifs is 1. The number of unbranched alkanes of at least 4 members (excludes halogenated alkanes) is 1. The van der Waals surface area contributed by atoms with Crippen LogP contribution in [-0.4, -0.2) is 23.6 Å². The molecule has 1 atom stereocenters. The highest BCUT2D eigenvalue weighted by molar-refractivity contribution is 6.30. The average molecular weight is 376 g/mol. The van der Waals surface area contributed by atoms with E-state index < -0.39 is 0 Å². The molecule has 0 N–H and O–H groups in total. The van der Waals surface area contributed by atoms with Crippen molar-refractivity contribution in [2.24, 2.45) is 11.8 Å². The van der Waals surface area contributed by atoms with Crippen LogP contribution in [0.2, 0.25) is 0 Å². The maximum atomic E-state index is 13.2. The van der Waals surface area contributed by atoms with Crippen molar-refractivity contribution in [3.05, 3.63) is 29.3 Å². The molecular weight excluding hydrogens is 346 g/mol. The number of halogens is 1. The van der Waals surface area contributed by atoms with Crippen molar-refractivity contribution in [1.29, 1.82) is 0 Å². The highest BCUT2D eigenvalue weighted by Crippen LogP contribution is 2.38. The Labute approximate surface area is 162 Å². The molecule has 1 aromatic rings. The lowest BCUT2D eigenvalue weighted by molar-refractivity contribution is -0.123. The van der Waals surface area contributed by atoms with Crippen molar-refractivity contribution in [3.63, 3.8) is 0 Å². The smallest absolute Gasteiger partial charge is 0.230 e. The van der Waals surface area contributed by atoms with Gasteiger partial charge in [-0.2, -0.15) is 0 Å². The molecule has 1 aliphatic carbocycles. The van der Waals surface area contributed by atoms with E-state index in [1.807, 2.05) is 23.1 Å². The first-order valence-electron chi connectivity index (χ1n) is 10.1. The number of nitrogens with zero attached hydrogens (tertiary/aromatic N) is 1. The molecule has 1 aromatic carbocycles. The van der Waals surface area contributed by atoms with Gasteiger partial charge >= 0.3 is 0 Å². The van der Waals surface area contributed by atoms with Crippen molar-refractivity contribution in [2.45, 2.75) is 71.3 Å². The fraction of sp³-hybridized carbons (Fsp3) is 0.636. The molecule has 0 radical (unpaired) electrons. The Bertz CT molecular complexity index is 664. The molecular formula is C22H30ClNO2. The van der Waals surface area contributed by atoms with E-state index in [0.717, 1.165) is 36.4 Å². The molecule has 3 nitrogen and oxygen atoms in total. The number of alkyl halides is 1. The molecule has 0 saturated heterocycles. The van der Waals surface area contributed by atoms with E-state index in [1.54, 1.807) is 0 Å². The van der Waals surface area contributed by atoms with Crippen molar-refractivity contribution in [1.82, 2.24) is 0 Å². The molecule has 1 amide bonds. The topological polar surface area (TPSA) is 37.4 Å². The quantitative estimate of drug-likeness (QED) is 0.494. The van der Waals surface area contributed by atoms with Crippen LogP contribution in [0.1, 0.15) is 74.7 Å². The minimum absolute atomic E-state index is 0.00173. The van der Waals surface area contributed by atoms with Crippen LogP contribution >= 0.6 is 11.6 Å². The number of hydrogen-bond acceptors (Lipinski definition) is 2. The van der Waals surface area contributed by atoms with Crippen molar-refractivity contribution in [3.8, 4) is 0 Å². The van der Waals surface area contributed by atoms with Crippen LogP contribution in [-0.2, 0) is 11.2 Å². The summed E-state index contributed by atoms with van der Waals surface area (Å²) < 4.78 is 0. The predicted octanol–water partition coefficient (Wildman–Crippen LogP) is 5.38. The monoisotopic (exact) mass is 375 g/mol. The molecule has 0 aromatic heterocycles. The van der Waals surface area contributed by atoms with Crippen LogP contribution < -0.4 is 4.90 Å². The normalized spacial score (nSPS) is 25.2. The Balaban J connectivity index is 1.69. The Kier molecular flexibility index (Phi) is 6.39. The van der Waals surface area contributed by atoms with E-state index in [9.17, 15) is 9.59 Å². The lowest BCUT2D eigenvalue weighted by Crippen LogP contribution is -2.41. The first kappa shape index (κ1) is 19.4. The molecule has 26 heavy (non-hydrogen) atoms. The van der Waals surface area contributed by atoms with Gasteiger partial charge in [0.2, 0.25) is 5.91 Å². The molecule has 1 saturated carbocycles. The van der Waals surface area contributed by atoms with Gasteiger partial charge < -0.3 is 4.90 Å². The summed E-state index contributed by atoms with van der Waals surface area (Å²) in [6, 6.07) is 5.83. The van der Waals surface area contributed by atoms with E-state index in [4.69, 9.17) is 11.6 Å². The summed E-state index contributed by atoms with van der Waals surface area (Å²) in [5.74, 6) is 1.19. The standard InChI is InChI=1S/C22H30ClNO2/c1-3-4-5-16-6-8-17(9-7-16)22(26)24-15(2)12-19-13-18(21(25)14-23)10-11-20(19)24/h10-11,13,15-17H,3-9,12,14H2,1-2H3. The Morgan fingerprint density at radius 2 is 1.92 bits per heavy atom. The first-order chi connectivity index (χ1) is 12.5. The van der Waals surface area contributed by atoms with Gasteiger partial charge in [-0.15, -0.1) is 11.6 Å². The molecule has 1 fully saturated rings. The second-order valence-electron chi connectivity index (χ2n) is 8.02. The summed E-state index contributed by atoms with van der Waals surface area (Å²) in [6.07, 6.45) is 9.12. The number of carbonyl (C=O) groups is 2. The third-order valence-electron chi connectivity index (χ3n) is 6.14. The summed E-state index contributed by atoms with van der Waals surface area (Å²) in [6.45, 7) is 4.35. The lowest BCUT2D eigenvalue weighted by Gasteiger charge is -2.32. The number of carbonyl (C=O) groups excluding carboxylic acids is 2. The van der Waals surface area contributed by atoms with Gasteiger partial charge in [0.25, 0.3) is 0 Å². The number of rotatable bonds is 6. The predicted molar refractivity (Wildman–Crippen MR) is 107 cm³/mol. The highest BCUT2D eigenvalue weighted by Gasteiger charge is 2.36. The van der Waals surface area contributed by atoms with Gasteiger partial charge in [0.15, 0.2) is 5.78 Å². The largest absolute Gasteiger partial charge is 0.309 e. The summed E-state index contributed by atoms with van der Waals surface area (Å²) >= 11 is 5.68. The zero-order chi connectivity index (χ0) is 18.7. The van der Waals surface area contributed by atoms with Crippen LogP contribution in [0.3, 0.4) is 0 Å². The zero-order valence-corrected chi connectivity index (χ0v) is 16.7. The van der Waals surface area contributed by atoms with Crippen LogP contribution in [0.15, 0.2) is 18.2 Å². The number of anilines is 1. The fourth-order valence-electron chi connectivity index (χ4n) is 4.61. The van der Waals surface area contributed by atoms with Gasteiger partial charge in [0.05, 0.1) is 5.88 Å². The van der Waals surface area contributed by atoms with Gasteiger partial charge in [-0.25, -0.2) is 0 Å². The molecule has 142 valence electrons. The summed E-state index contributed by atoms with van der Waals surface area (Å²) in [4.78, 5) is 27.0. The molecule has 4 heteroatoms. The maximum absolute atomic E-state index is 13.2. The van der Waals surface area contributed by atoms with Gasteiger partial charge in [0, 0.05) is 23.2 Å². The molecule has 1 aliphatic heterocycles. The van der Waals surface area contributed by atoms with Crippen molar-refractivity contribution in [2.75, 3.05) is 10.8 Å². The van der Waals surface area contributed by atoms with E-state index in [-0.39, 0.29) is 29.5 Å². The molecule has 1 unspecified atom stereocenters. The molecule has 3 rings (SSSR count). The minimum Gasteiger partial charge on any atom is -0.309 e. The van der Waals surface area contributed by atoms with Crippen molar-refractivity contribution >= 4 is 29.0 Å². The third-order valence-corrected chi connectivity index (χ3v) is 6.38. The van der Waals surface area contributed by atoms with Crippen molar-refractivity contribution < 1.29 is 9.59 Å². The minimum atomic E-state index is -0.0581. The van der Waals surface area contributed by atoms with E-state index in [0.29, 0.717) is 5.56 Å². The average Bonchev–Trinajstić information content (AvgIpc) is 3.00. The van der Waals surface area contributed by atoms with Gasteiger partial charge in [0.1, 0.15) is 0 Å². The summed E-state index contributed by atoms with van der Waals surface area (Å²) in [5, 5.41) is 0. The highest BCUT2D eigenvalue weighted by atomic mass is 35.5. The fourth-order valence-corrected chi connectivity index (χ4v) is 4.76. The van der Waals surface area contributed by atoms with E-state index in [1.165, 1.54) is 32.1 Å². The van der Waals surface area contributed by atoms with Crippen LogP contribution in [0.4, 0.5) is 5.69 Å². The second-order valence-corrected chi connectivity index (χ2v) is 8.29. The van der Waals surface area contributed by atoms with E-state index >= 15 is 0 Å². The first-order valence-corrected chi connectivity index (χ1v) is 10.6.